The molecule has 3 N–H and O–H groups in total. The zero-order chi connectivity index (χ0) is 15.6. The highest BCUT2D eigenvalue weighted by atomic mass is 16.5. The highest BCUT2D eigenvalue weighted by Gasteiger charge is 2.36. The number of benzene rings is 1. The number of amides is 1. The van der Waals surface area contributed by atoms with E-state index in [0.717, 1.165) is 0 Å². The molecule has 0 unspecified atom stereocenters. The van der Waals surface area contributed by atoms with E-state index in [1.807, 2.05) is 24.1 Å². The Hall–Kier alpha value is -2.08. The molecule has 0 bridgehead atoms. The summed E-state index contributed by atoms with van der Waals surface area (Å²) < 4.78 is 5.93. The van der Waals surface area contributed by atoms with Crippen LogP contribution in [0.5, 0.6) is 5.75 Å². The molecule has 1 saturated heterocycles. The van der Waals surface area contributed by atoms with Crippen LogP contribution in [0.1, 0.15) is 12.0 Å². The second kappa shape index (κ2) is 6.13. The van der Waals surface area contributed by atoms with Gasteiger partial charge in [-0.1, -0.05) is 12.1 Å². The maximum atomic E-state index is 12.1. The first-order valence-electron chi connectivity index (χ1n) is 6.91. The molecule has 2 rings (SSSR count). The van der Waals surface area contributed by atoms with Crippen LogP contribution in [0.4, 0.5) is 0 Å². The number of nitrogen functional groups attached to an aromatic ring is 1. The van der Waals surface area contributed by atoms with Crippen molar-refractivity contribution in [2.45, 2.75) is 18.6 Å². The van der Waals surface area contributed by atoms with Gasteiger partial charge in [-0.15, -0.1) is 0 Å². The van der Waals surface area contributed by atoms with Crippen LogP contribution in [-0.4, -0.2) is 61.4 Å². The number of hydrogen-bond donors (Lipinski definition) is 2. The van der Waals surface area contributed by atoms with Crippen LogP contribution in [0.3, 0.4) is 0 Å². The summed E-state index contributed by atoms with van der Waals surface area (Å²) in [6, 6.07) is 7.04. The molecule has 0 radical (unpaired) electrons. The number of likely N-dealkylation sites (N-methyl/N-ethyl adjacent to an activating group) is 2. The minimum absolute atomic E-state index is 0.0182. The van der Waals surface area contributed by atoms with Gasteiger partial charge in [0.2, 0.25) is 5.91 Å². The van der Waals surface area contributed by atoms with Crippen molar-refractivity contribution in [2.75, 3.05) is 27.7 Å². The van der Waals surface area contributed by atoms with Crippen LogP contribution in [0.15, 0.2) is 24.3 Å². The van der Waals surface area contributed by atoms with E-state index in [1.165, 1.54) is 0 Å². The molecule has 0 saturated carbocycles. The fourth-order valence-corrected chi connectivity index (χ4v) is 2.55. The van der Waals surface area contributed by atoms with Crippen molar-refractivity contribution < 1.29 is 9.53 Å². The minimum atomic E-state index is -0.138. The number of likely N-dealkylation sites (tertiary alicyclic amines) is 1. The zero-order valence-corrected chi connectivity index (χ0v) is 12.7. The van der Waals surface area contributed by atoms with Gasteiger partial charge in [0.25, 0.3) is 0 Å². The van der Waals surface area contributed by atoms with E-state index in [-0.39, 0.29) is 23.9 Å². The third kappa shape index (κ3) is 3.52. The molecular formula is C15H22N4O2. The van der Waals surface area contributed by atoms with Crippen molar-refractivity contribution in [3.05, 3.63) is 29.8 Å². The van der Waals surface area contributed by atoms with E-state index in [9.17, 15) is 4.79 Å². The lowest BCUT2D eigenvalue weighted by Crippen LogP contribution is -2.40. The van der Waals surface area contributed by atoms with Crippen molar-refractivity contribution in [2.24, 2.45) is 5.73 Å². The second-order valence-electron chi connectivity index (χ2n) is 5.61. The van der Waals surface area contributed by atoms with Crippen LogP contribution >= 0.6 is 0 Å². The Labute approximate surface area is 125 Å². The lowest BCUT2D eigenvalue weighted by atomic mass is 10.1. The third-order valence-corrected chi connectivity index (χ3v) is 3.68. The van der Waals surface area contributed by atoms with Crippen molar-refractivity contribution >= 4 is 11.7 Å². The summed E-state index contributed by atoms with van der Waals surface area (Å²) in [7, 11) is 5.46. The summed E-state index contributed by atoms with van der Waals surface area (Å²) in [4.78, 5) is 15.7. The molecule has 0 spiro atoms. The molecule has 1 amide bonds. The molecule has 1 aliphatic heterocycles. The fraction of sp³-hybridized carbons (Fsp3) is 0.467. The highest BCUT2D eigenvalue weighted by molar-refractivity contribution is 5.95. The van der Waals surface area contributed by atoms with Gasteiger partial charge in [0.15, 0.2) is 0 Å². The molecule has 0 aliphatic carbocycles. The Bertz CT molecular complexity index is 544. The van der Waals surface area contributed by atoms with Crippen LogP contribution in [0.25, 0.3) is 0 Å². The monoisotopic (exact) mass is 290 g/mol. The molecule has 1 aliphatic rings. The number of nitrogens with two attached hydrogens (primary N) is 1. The molecular weight excluding hydrogens is 268 g/mol. The molecule has 1 fully saturated rings. The number of hydrogen-bond acceptors (Lipinski definition) is 4. The quantitative estimate of drug-likeness (QED) is 0.625. The molecule has 6 heteroatoms. The lowest BCUT2D eigenvalue weighted by Gasteiger charge is -2.21. The second-order valence-corrected chi connectivity index (χ2v) is 5.61. The Balaban J connectivity index is 2.03. The molecule has 1 heterocycles. The molecule has 6 nitrogen and oxygen atoms in total. The first kappa shape index (κ1) is 15.3. The van der Waals surface area contributed by atoms with E-state index >= 15 is 0 Å². The largest absolute Gasteiger partial charge is 0.489 e. The van der Waals surface area contributed by atoms with Gasteiger partial charge >= 0.3 is 0 Å². The SMILES string of the molecule is CN(C)C(=O)[C@H]1C[C@H](Oc2cccc(C(=N)N)c2)CN1C. The van der Waals surface area contributed by atoms with Crippen LogP contribution in [-0.2, 0) is 4.79 Å². The molecule has 0 aromatic heterocycles. The smallest absolute Gasteiger partial charge is 0.239 e. The summed E-state index contributed by atoms with van der Waals surface area (Å²) in [5.74, 6) is 0.796. The summed E-state index contributed by atoms with van der Waals surface area (Å²) in [6.07, 6.45) is 0.628. The van der Waals surface area contributed by atoms with E-state index in [2.05, 4.69) is 0 Å². The average molecular weight is 290 g/mol. The Morgan fingerprint density at radius 3 is 2.81 bits per heavy atom. The standard InChI is InChI=1S/C15H22N4O2/c1-18(2)15(20)13-8-12(9-19(13)3)21-11-6-4-5-10(7-11)14(16)17/h4-7,12-13H,8-9H2,1-3H3,(H3,16,17)/t12-,13+/m0/s1. The summed E-state index contributed by atoms with van der Waals surface area (Å²) in [5, 5.41) is 7.45. The van der Waals surface area contributed by atoms with Gasteiger partial charge < -0.3 is 15.4 Å². The van der Waals surface area contributed by atoms with Gasteiger partial charge in [-0.25, -0.2) is 0 Å². The number of carbonyl (C=O) groups excluding carboxylic acids is 1. The van der Waals surface area contributed by atoms with Crippen molar-refractivity contribution in [3.63, 3.8) is 0 Å². The number of rotatable bonds is 4. The Kier molecular flexibility index (Phi) is 4.47. The van der Waals surface area contributed by atoms with E-state index in [4.69, 9.17) is 15.9 Å². The molecule has 114 valence electrons. The van der Waals surface area contributed by atoms with Crippen LogP contribution < -0.4 is 10.5 Å². The summed E-state index contributed by atoms with van der Waals surface area (Å²) >= 11 is 0. The topological polar surface area (TPSA) is 82.6 Å². The zero-order valence-electron chi connectivity index (χ0n) is 12.7. The van der Waals surface area contributed by atoms with Gasteiger partial charge in [0.05, 0.1) is 6.04 Å². The molecule has 1 aromatic rings. The van der Waals surface area contributed by atoms with Gasteiger partial charge in [-0.05, 0) is 19.2 Å². The molecule has 21 heavy (non-hydrogen) atoms. The van der Waals surface area contributed by atoms with Crippen molar-refractivity contribution in [1.82, 2.24) is 9.80 Å². The van der Waals surface area contributed by atoms with Crippen molar-refractivity contribution in [3.8, 4) is 5.75 Å². The van der Waals surface area contributed by atoms with E-state index < -0.39 is 0 Å². The fourth-order valence-electron chi connectivity index (χ4n) is 2.55. The number of nitrogens with zero attached hydrogens (tertiary/aromatic N) is 2. The molecule has 1 aromatic carbocycles. The normalized spacial score (nSPS) is 22.0. The maximum absolute atomic E-state index is 12.1. The van der Waals surface area contributed by atoms with E-state index in [1.54, 1.807) is 31.1 Å². The number of ether oxygens (including phenoxy) is 1. The van der Waals surface area contributed by atoms with E-state index in [0.29, 0.717) is 24.3 Å². The van der Waals surface area contributed by atoms with Gasteiger partial charge in [0.1, 0.15) is 17.7 Å². The number of carbonyl (C=O) groups is 1. The minimum Gasteiger partial charge on any atom is -0.489 e. The number of nitrogens with one attached hydrogen (secondary N) is 1. The summed E-state index contributed by atoms with van der Waals surface area (Å²) in [6.45, 7) is 0.703. The van der Waals surface area contributed by atoms with Gasteiger partial charge in [-0.2, -0.15) is 0 Å². The predicted molar refractivity (Wildman–Crippen MR) is 81.6 cm³/mol. The van der Waals surface area contributed by atoms with Crippen LogP contribution in [0.2, 0.25) is 0 Å². The maximum Gasteiger partial charge on any atom is 0.239 e. The van der Waals surface area contributed by atoms with Gasteiger partial charge in [-0.3, -0.25) is 15.1 Å². The molecule has 2 atom stereocenters. The summed E-state index contributed by atoms with van der Waals surface area (Å²) in [5.41, 5.74) is 6.12. The number of amidine groups is 1. The first-order valence-corrected chi connectivity index (χ1v) is 6.91. The lowest BCUT2D eigenvalue weighted by molar-refractivity contribution is -0.133. The third-order valence-electron chi connectivity index (χ3n) is 3.68. The van der Waals surface area contributed by atoms with Gasteiger partial charge in [0, 0.05) is 32.6 Å². The average Bonchev–Trinajstić information content (AvgIpc) is 2.78. The highest BCUT2D eigenvalue weighted by Crippen LogP contribution is 2.23. The van der Waals surface area contributed by atoms with Crippen LogP contribution in [0, 0.1) is 5.41 Å². The first-order chi connectivity index (χ1) is 9.88. The Morgan fingerprint density at radius 1 is 1.48 bits per heavy atom. The van der Waals surface area contributed by atoms with Crippen molar-refractivity contribution in [1.29, 1.82) is 5.41 Å². The predicted octanol–water partition coefficient (Wildman–Crippen LogP) is 0.510. The Morgan fingerprint density at radius 2 is 2.19 bits per heavy atom.